The van der Waals surface area contributed by atoms with Gasteiger partial charge in [0.05, 0.1) is 23.9 Å². The highest BCUT2D eigenvalue weighted by atomic mass is 16.5. The first-order chi connectivity index (χ1) is 19.4. The lowest BCUT2D eigenvalue weighted by Gasteiger charge is -2.44. The summed E-state index contributed by atoms with van der Waals surface area (Å²) in [6.45, 7) is 2.43. The molecular formula is C31H36N6O3. The van der Waals surface area contributed by atoms with Gasteiger partial charge in [-0.25, -0.2) is 9.97 Å². The van der Waals surface area contributed by atoms with Gasteiger partial charge in [-0.1, -0.05) is 0 Å². The summed E-state index contributed by atoms with van der Waals surface area (Å²) in [7, 11) is 3.72. The van der Waals surface area contributed by atoms with Crippen LogP contribution in [0.1, 0.15) is 48.9 Å². The predicted molar refractivity (Wildman–Crippen MR) is 152 cm³/mol. The van der Waals surface area contributed by atoms with Gasteiger partial charge >= 0.3 is 0 Å². The largest absolute Gasteiger partial charge is 0.494 e. The Balaban J connectivity index is 1.24. The number of benzene rings is 1. The van der Waals surface area contributed by atoms with Crippen LogP contribution in [-0.4, -0.2) is 67.9 Å². The van der Waals surface area contributed by atoms with E-state index in [0.717, 1.165) is 91.8 Å². The second-order valence-corrected chi connectivity index (χ2v) is 12.4. The molecule has 4 fully saturated rings. The maximum absolute atomic E-state index is 13.8. The van der Waals surface area contributed by atoms with Crippen LogP contribution in [0.2, 0.25) is 0 Å². The summed E-state index contributed by atoms with van der Waals surface area (Å²) in [5.41, 5.74) is 10.7. The first kappa shape index (κ1) is 24.4. The number of aromatic nitrogens is 4. The number of nitrogens with two attached hydrogens (primary N) is 1. The van der Waals surface area contributed by atoms with E-state index >= 15 is 0 Å². The average molecular weight is 541 g/mol. The lowest BCUT2D eigenvalue weighted by atomic mass is 9.69. The number of amides is 1. The maximum atomic E-state index is 13.8. The zero-order valence-electron chi connectivity index (χ0n) is 23.2. The molecule has 2 aliphatic heterocycles. The van der Waals surface area contributed by atoms with Crippen molar-refractivity contribution in [2.75, 3.05) is 20.3 Å². The first-order valence-electron chi connectivity index (χ1n) is 14.6. The number of imidazole rings is 1. The van der Waals surface area contributed by atoms with Crippen molar-refractivity contribution < 1.29 is 14.3 Å². The Labute approximate surface area is 233 Å². The van der Waals surface area contributed by atoms with E-state index in [1.54, 1.807) is 7.11 Å². The van der Waals surface area contributed by atoms with Crippen molar-refractivity contribution in [1.82, 2.24) is 24.0 Å². The number of hydrogen-bond donors (Lipinski definition) is 1. The van der Waals surface area contributed by atoms with E-state index in [1.165, 1.54) is 0 Å². The Morgan fingerprint density at radius 1 is 1.25 bits per heavy atom. The van der Waals surface area contributed by atoms with Gasteiger partial charge in [0.1, 0.15) is 16.9 Å². The third-order valence-corrected chi connectivity index (χ3v) is 10.2. The molecule has 1 amide bonds. The Morgan fingerprint density at radius 3 is 2.83 bits per heavy atom. The molecule has 9 nitrogen and oxygen atoms in total. The van der Waals surface area contributed by atoms with E-state index in [2.05, 4.69) is 26.3 Å². The van der Waals surface area contributed by atoms with E-state index in [0.29, 0.717) is 23.1 Å². The van der Waals surface area contributed by atoms with Crippen molar-refractivity contribution in [3.8, 4) is 17.3 Å². The number of piperidine rings is 1. The van der Waals surface area contributed by atoms with Crippen molar-refractivity contribution in [3.63, 3.8) is 0 Å². The SMILES string of the molecule is COc1cc(C(=O)N2C[C@H]3CC[C@@H]2C3N)cc2nc(-c3cc4cccnc4n3C)n(CC3CC4(CCCO4)C3)c12. The number of likely N-dealkylation sites (tertiary alicyclic amines) is 1. The van der Waals surface area contributed by atoms with Crippen molar-refractivity contribution in [3.05, 3.63) is 42.1 Å². The summed E-state index contributed by atoms with van der Waals surface area (Å²) in [6.07, 6.45) is 8.37. The highest BCUT2D eigenvalue weighted by Gasteiger charge is 2.48. The van der Waals surface area contributed by atoms with Crippen molar-refractivity contribution in [2.45, 2.75) is 62.8 Å². The summed E-state index contributed by atoms with van der Waals surface area (Å²) in [5, 5.41) is 1.07. The van der Waals surface area contributed by atoms with Crippen LogP contribution >= 0.6 is 0 Å². The number of carbonyl (C=O) groups is 1. The van der Waals surface area contributed by atoms with Crippen LogP contribution in [-0.2, 0) is 18.3 Å². The van der Waals surface area contributed by atoms with E-state index in [-0.39, 0.29) is 23.6 Å². The molecule has 0 radical (unpaired) electrons. The van der Waals surface area contributed by atoms with Crippen LogP contribution in [0.25, 0.3) is 33.6 Å². The van der Waals surface area contributed by atoms with Gasteiger partial charge in [-0.3, -0.25) is 4.79 Å². The molecule has 2 bridgehead atoms. The Bertz CT molecular complexity index is 1640. The lowest BCUT2D eigenvalue weighted by Crippen LogP contribution is -2.44. The van der Waals surface area contributed by atoms with Crippen LogP contribution in [0.4, 0.5) is 0 Å². The Kier molecular flexibility index (Phi) is 5.35. The van der Waals surface area contributed by atoms with Gasteiger partial charge in [-0.05, 0) is 80.7 Å². The molecule has 2 aliphatic carbocycles. The second kappa shape index (κ2) is 8.78. The molecule has 2 saturated carbocycles. The summed E-state index contributed by atoms with van der Waals surface area (Å²) in [4.78, 5) is 25.5. The van der Waals surface area contributed by atoms with Gasteiger partial charge in [0.15, 0.2) is 5.82 Å². The average Bonchev–Trinajstić information content (AvgIpc) is 3.77. The molecule has 5 heterocycles. The quantitative estimate of drug-likeness (QED) is 0.409. The zero-order valence-corrected chi connectivity index (χ0v) is 23.2. The summed E-state index contributed by atoms with van der Waals surface area (Å²) in [5.74, 6) is 2.46. The van der Waals surface area contributed by atoms with Gasteiger partial charge in [0, 0.05) is 56.0 Å². The molecule has 208 valence electrons. The van der Waals surface area contributed by atoms with Crippen molar-refractivity contribution >= 4 is 28.0 Å². The van der Waals surface area contributed by atoms with Crippen LogP contribution in [0.15, 0.2) is 36.5 Å². The number of carbonyl (C=O) groups excluding carboxylic acids is 1. The van der Waals surface area contributed by atoms with Crippen LogP contribution in [0, 0.1) is 11.8 Å². The van der Waals surface area contributed by atoms with Crippen LogP contribution < -0.4 is 10.5 Å². The number of rotatable bonds is 5. The van der Waals surface area contributed by atoms with Gasteiger partial charge < -0.3 is 29.2 Å². The molecule has 1 unspecified atom stereocenters. The molecule has 1 spiro atoms. The number of ether oxygens (including phenoxy) is 2. The van der Waals surface area contributed by atoms with Crippen molar-refractivity contribution in [1.29, 1.82) is 0 Å². The third-order valence-electron chi connectivity index (χ3n) is 10.2. The molecule has 2 saturated heterocycles. The summed E-state index contributed by atoms with van der Waals surface area (Å²) < 4.78 is 16.5. The molecular weight excluding hydrogens is 504 g/mol. The van der Waals surface area contributed by atoms with E-state index < -0.39 is 0 Å². The number of methoxy groups -OCH3 is 1. The smallest absolute Gasteiger partial charge is 0.254 e. The fourth-order valence-electron chi connectivity index (χ4n) is 8.16. The van der Waals surface area contributed by atoms with Gasteiger partial charge in [0.25, 0.3) is 5.91 Å². The highest BCUT2D eigenvalue weighted by molar-refractivity contribution is 6.00. The molecule has 2 N–H and O–H groups in total. The van der Waals surface area contributed by atoms with E-state index in [4.69, 9.17) is 20.2 Å². The minimum Gasteiger partial charge on any atom is -0.494 e. The highest BCUT2D eigenvalue weighted by Crippen LogP contribution is 2.49. The molecule has 3 atom stereocenters. The molecule has 9 heteroatoms. The topological polar surface area (TPSA) is 100 Å². The van der Waals surface area contributed by atoms with Crippen molar-refractivity contribution in [2.24, 2.45) is 24.6 Å². The number of hydrogen-bond acceptors (Lipinski definition) is 6. The lowest BCUT2D eigenvalue weighted by molar-refractivity contribution is -0.0939. The fourth-order valence-corrected chi connectivity index (χ4v) is 8.16. The summed E-state index contributed by atoms with van der Waals surface area (Å²) >= 11 is 0. The van der Waals surface area contributed by atoms with E-state index in [1.807, 2.05) is 36.3 Å². The minimum atomic E-state index is 0.0204. The molecule has 1 aromatic carbocycles. The molecule has 4 aromatic rings. The number of nitrogens with zero attached hydrogens (tertiary/aromatic N) is 5. The van der Waals surface area contributed by atoms with E-state index in [9.17, 15) is 4.79 Å². The molecule has 4 aliphatic rings. The number of pyridine rings is 1. The summed E-state index contributed by atoms with van der Waals surface area (Å²) in [6, 6.07) is 10.2. The standard InChI is InChI=1S/C31H36N6O3/c1-35-24(12-19-5-3-9-33-28(19)35)29-34-22-11-21(30(38)36-17-20-6-7-23(36)26(20)32)13-25(39-2)27(22)37(29)16-18-14-31(15-18)8-4-10-40-31/h3,5,9,11-13,18,20,23,26H,4,6-8,10,14-17,32H2,1-2H3/t18?,20-,23-,26?,31?/m1/s1. The maximum Gasteiger partial charge on any atom is 0.254 e. The second-order valence-electron chi connectivity index (χ2n) is 12.4. The number of fused-ring (bicyclic) bond motifs is 4. The fraction of sp³-hybridized carbons (Fsp3) is 0.516. The third kappa shape index (κ3) is 3.50. The monoisotopic (exact) mass is 540 g/mol. The van der Waals surface area contributed by atoms with Gasteiger partial charge in [-0.2, -0.15) is 0 Å². The molecule has 40 heavy (non-hydrogen) atoms. The Morgan fingerprint density at radius 2 is 2.12 bits per heavy atom. The van der Waals surface area contributed by atoms with Gasteiger partial charge in [-0.15, -0.1) is 0 Å². The first-order valence-corrected chi connectivity index (χ1v) is 14.6. The predicted octanol–water partition coefficient (Wildman–Crippen LogP) is 4.12. The molecule has 3 aromatic heterocycles. The van der Waals surface area contributed by atoms with Crippen LogP contribution in [0.3, 0.4) is 0 Å². The molecule has 8 rings (SSSR count). The zero-order chi connectivity index (χ0) is 27.2. The number of aryl methyl sites for hydroxylation is 1. The normalized spacial score (nSPS) is 29.2. The van der Waals surface area contributed by atoms with Gasteiger partial charge in [0.2, 0.25) is 0 Å². The minimum absolute atomic E-state index is 0.0204. The Hall–Kier alpha value is -3.43. The van der Waals surface area contributed by atoms with Crippen LogP contribution in [0.5, 0.6) is 5.75 Å².